The molecule has 1 aliphatic heterocycles. The van der Waals surface area contributed by atoms with E-state index in [-0.39, 0.29) is 29.7 Å². The summed E-state index contributed by atoms with van der Waals surface area (Å²) in [6.07, 6.45) is 8.32. The van der Waals surface area contributed by atoms with Crippen LogP contribution in [0.3, 0.4) is 0 Å². The Morgan fingerprint density at radius 1 is 1.06 bits per heavy atom. The lowest BCUT2D eigenvalue weighted by Gasteiger charge is -2.32. The average molecular weight is 434 g/mol. The maximum absolute atomic E-state index is 13.2. The minimum absolute atomic E-state index is 0.0784. The molecule has 0 bridgehead atoms. The molecule has 32 heavy (non-hydrogen) atoms. The second kappa shape index (κ2) is 9.82. The van der Waals surface area contributed by atoms with Crippen molar-refractivity contribution >= 4 is 5.91 Å². The van der Waals surface area contributed by atoms with E-state index in [1.54, 1.807) is 42.7 Å². The smallest absolute Gasteiger partial charge is 0.264 e. The van der Waals surface area contributed by atoms with Crippen LogP contribution in [0.1, 0.15) is 45.8 Å². The molecule has 4 rings (SSSR count). The highest BCUT2D eigenvalue weighted by atomic mass is 16.5. The van der Waals surface area contributed by atoms with Crippen LogP contribution in [0.25, 0.3) is 0 Å². The molecule has 0 radical (unpaired) electrons. The van der Waals surface area contributed by atoms with Crippen molar-refractivity contribution in [2.75, 3.05) is 13.1 Å². The molecular weight excluding hydrogens is 406 g/mol. The maximum atomic E-state index is 13.2. The molecule has 0 N–H and O–H groups in total. The number of pyridine rings is 2. The molecule has 1 aliphatic rings. The number of hydrogen-bond donors (Lipinski definition) is 0. The summed E-state index contributed by atoms with van der Waals surface area (Å²) in [4.78, 5) is 40.9. The van der Waals surface area contributed by atoms with E-state index in [2.05, 4.69) is 15.0 Å². The number of carbonyl (C=O) groups is 1. The van der Waals surface area contributed by atoms with Crippen LogP contribution in [0.4, 0.5) is 0 Å². The van der Waals surface area contributed by atoms with Crippen molar-refractivity contribution in [3.63, 3.8) is 0 Å². The Labute approximate surface area is 186 Å². The van der Waals surface area contributed by atoms with Gasteiger partial charge < -0.3 is 14.2 Å². The molecule has 0 atom stereocenters. The van der Waals surface area contributed by atoms with E-state index in [1.165, 1.54) is 4.57 Å². The number of amides is 1. The number of aromatic nitrogens is 4. The molecule has 0 aromatic carbocycles. The van der Waals surface area contributed by atoms with E-state index < -0.39 is 0 Å². The first-order valence-corrected chi connectivity index (χ1v) is 10.8. The molecule has 8 heteroatoms. The summed E-state index contributed by atoms with van der Waals surface area (Å²) in [6, 6.07) is 7.55. The van der Waals surface area contributed by atoms with Gasteiger partial charge in [-0.25, -0.2) is 0 Å². The number of nitrogens with zero attached hydrogens (tertiary/aromatic N) is 5. The largest absolute Gasteiger partial charge is 0.372 e. The second-order valence-corrected chi connectivity index (χ2v) is 8.08. The van der Waals surface area contributed by atoms with Gasteiger partial charge in [-0.05, 0) is 50.5 Å². The van der Waals surface area contributed by atoms with Gasteiger partial charge in [0.15, 0.2) is 0 Å². The number of ether oxygens (including phenoxy) is 1. The summed E-state index contributed by atoms with van der Waals surface area (Å²) in [5, 5.41) is 0. The lowest BCUT2D eigenvalue weighted by atomic mass is 10.0. The number of piperidine rings is 1. The lowest BCUT2D eigenvalue weighted by Crippen LogP contribution is -2.43. The summed E-state index contributed by atoms with van der Waals surface area (Å²) < 4.78 is 7.48. The Hall–Kier alpha value is -3.39. The Bertz CT molecular complexity index is 1120. The first-order chi connectivity index (χ1) is 15.5. The average Bonchev–Trinajstić information content (AvgIpc) is 2.82. The molecular formula is C24H27N5O3. The first-order valence-electron chi connectivity index (χ1n) is 10.8. The highest BCUT2D eigenvalue weighted by molar-refractivity contribution is 5.95. The summed E-state index contributed by atoms with van der Waals surface area (Å²) in [5.74, 6) is -0.222. The fraction of sp³-hybridized carbons (Fsp3) is 0.375. The summed E-state index contributed by atoms with van der Waals surface area (Å²) in [6.45, 7) is 5.51. The number of aryl methyl sites for hydroxylation is 2. The minimum atomic E-state index is -0.300. The second-order valence-electron chi connectivity index (χ2n) is 8.08. The molecule has 166 valence electrons. The first kappa shape index (κ1) is 21.8. The predicted octanol–water partition coefficient (Wildman–Crippen LogP) is 2.52. The van der Waals surface area contributed by atoms with Gasteiger partial charge in [-0.1, -0.05) is 6.07 Å². The topological polar surface area (TPSA) is 90.2 Å². The molecule has 0 spiro atoms. The molecule has 1 amide bonds. The standard InChI is InChI=1S/C24H27N5O3/c1-17-6-10-29(15-20-14-26-18(2)13-27-20)24(31)22(17)23(30)28-11-7-21(8-12-28)32-16-19-5-3-4-9-25-19/h3-6,9-10,13-14,21H,7-8,11-12,15-16H2,1-2H3. The molecule has 0 aliphatic carbocycles. The Morgan fingerprint density at radius 2 is 1.88 bits per heavy atom. The van der Waals surface area contributed by atoms with E-state index in [0.717, 1.165) is 24.2 Å². The van der Waals surface area contributed by atoms with Crippen LogP contribution < -0.4 is 5.56 Å². The number of rotatable bonds is 6. The molecule has 0 unspecified atom stereocenters. The minimum Gasteiger partial charge on any atom is -0.372 e. The molecule has 0 saturated carbocycles. The van der Waals surface area contributed by atoms with E-state index in [0.29, 0.717) is 31.0 Å². The Balaban J connectivity index is 1.41. The van der Waals surface area contributed by atoms with Crippen molar-refractivity contribution in [2.45, 2.75) is 45.9 Å². The highest BCUT2D eigenvalue weighted by Gasteiger charge is 2.27. The van der Waals surface area contributed by atoms with Crippen molar-refractivity contribution < 1.29 is 9.53 Å². The van der Waals surface area contributed by atoms with E-state index in [1.807, 2.05) is 25.1 Å². The van der Waals surface area contributed by atoms with Crippen molar-refractivity contribution in [3.8, 4) is 0 Å². The summed E-state index contributed by atoms with van der Waals surface area (Å²) >= 11 is 0. The quantitative estimate of drug-likeness (QED) is 0.593. The highest BCUT2D eigenvalue weighted by Crippen LogP contribution is 2.18. The van der Waals surface area contributed by atoms with Gasteiger partial charge in [-0.15, -0.1) is 0 Å². The Kier molecular flexibility index (Phi) is 6.70. The fourth-order valence-corrected chi connectivity index (χ4v) is 3.80. The van der Waals surface area contributed by atoms with Gasteiger partial charge in [0.25, 0.3) is 11.5 Å². The summed E-state index contributed by atoms with van der Waals surface area (Å²) in [5.41, 5.74) is 2.98. The summed E-state index contributed by atoms with van der Waals surface area (Å²) in [7, 11) is 0. The predicted molar refractivity (Wildman–Crippen MR) is 119 cm³/mol. The van der Waals surface area contributed by atoms with Crippen molar-refractivity contribution in [3.05, 3.63) is 87.6 Å². The molecule has 3 aromatic heterocycles. The van der Waals surface area contributed by atoms with Gasteiger partial charge in [0.2, 0.25) is 0 Å². The van der Waals surface area contributed by atoms with Gasteiger partial charge in [0.05, 0.1) is 42.5 Å². The van der Waals surface area contributed by atoms with Crippen molar-refractivity contribution in [1.82, 2.24) is 24.4 Å². The van der Waals surface area contributed by atoms with Crippen LogP contribution in [0.5, 0.6) is 0 Å². The fourth-order valence-electron chi connectivity index (χ4n) is 3.80. The SMILES string of the molecule is Cc1cnc(Cn2ccc(C)c(C(=O)N3CCC(OCc4ccccn4)CC3)c2=O)cn1. The van der Waals surface area contributed by atoms with Crippen LogP contribution in [0.15, 0.2) is 53.8 Å². The van der Waals surface area contributed by atoms with Crippen molar-refractivity contribution in [1.29, 1.82) is 0 Å². The molecule has 1 saturated heterocycles. The molecule has 4 heterocycles. The van der Waals surface area contributed by atoms with Gasteiger partial charge in [0, 0.05) is 31.7 Å². The normalized spacial score (nSPS) is 14.5. The molecule has 8 nitrogen and oxygen atoms in total. The van der Waals surface area contributed by atoms with Crippen molar-refractivity contribution in [2.24, 2.45) is 0 Å². The molecule has 3 aromatic rings. The zero-order chi connectivity index (χ0) is 22.5. The third-order valence-corrected chi connectivity index (χ3v) is 5.68. The van der Waals surface area contributed by atoms with Gasteiger partial charge >= 0.3 is 0 Å². The van der Waals surface area contributed by atoms with Gasteiger partial charge in [-0.3, -0.25) is 24.5 Å². The molecule has 1 fully saturated rings. The number of carbonyl (C=O) groups excluding carboxylic acids is 1. The van der Waals surface area contributed by atoms with Crippen LogP contribution in [0.2, 0.25) is 0 Å². The van der Waals surface area contributed by atoms with Crippen LogP contribution >= 0.6 is 0 Å². The van der Waals surface area contributed by atoms with E-state index in [4.69, 9.17) is 4.74 Å². The lowest BCUT2D eigenvalue weighted by molar-refractivity contribution is -0.00167. The monoisotopic (exact) mass is 433 g/mol. The van der Waals surface area contributed by atoms with Gasteiger partial charge in [0.1, 0.15) is 5.56 Å². The zero-order valence-corrected chi connectivity index (χ0v) is 18.4. The van der Waals surface area contributed by atoms with Crippen LogP contribution in [-0.2, 0) is 17.9 Å². The maximum Gasteiger partial charge on any atom is 0.264 e. The third-order valence-electron chi connectivity index (χ3n) is 5.68. The number of likely N-dealkylation sites (tertiary alicyclic amines) is 1. The van der Waals surface area contributed by atoms with E-state index >= 15 is 0 Å². The van der Waals surface area contributed by atoms with Gasteiger partial charge in [-0.2, -0.15) is 0 Å². The zero-order valence-electron chi connectivity index (χ0n) is 18.4. The number of hydrogen-bond acceptors (Lipinski definition) is 6. The Morgan fingerprint density at radius 3 is 2.56 bits per heavy atom. The third kappa shape index (κ3) is 5.08. The van der Waals surface area contributed by atoms with E-state index in [9.17, 15) is 9.59 Å². The van der Waals surface area contributed by atoms with Crippen LogP contribution in [-0.4, -0.2) is 49.5 Å². The van der Waals surface area contributed by atoms with Crippen LogP contribution in [0, 0.1) is 13.8 Å².